The fourth-order valence-corrected chi connectivity index (χ4v) is 2.73. The first-order chi connectivity index (χ1) is 7.83. The van der Waals surface area contributed by atoms with E-state index < -0.39 is 0 Å². The molecule has 3 heteroatoms. The molecule has 0 spiro atoms. The van der Waals surface area contributed by atoms with Gasteiger partial charge in [0.25, 0.3) is 0 Å². The maximum absolute atomic E-state index is 5.63. The van der Waals surface area contributed by atoms with Crippen molar-refractivity contribution in [1.29, 1.82) is 0 Å². The third-order valence-corrected chi connectivity index (χ3v) is 3.60. The Morgan fingerprint density at radius 1 is 1.44 bits per heavy atom. The molecular weight excluding hydrogens is 200 g/mol. The van der Waals surface area contributed by atoms with E-state index in [1.54, 1.807) is 7.11 Å². The van der Waals surface area contributed by atoms with Crippen molar-refractivity contribution in [2.24, 2.45) is 11.8 Å². The number of rotatable bonds is 6. The molecule has 0 aromatic carbocycles. The van der Waals surface area contributed by atoms with Gasteiger partial charge in [0.05, 0.1) is 6.10 Å². The van der Waals surface area contributed by atoms with E-state index in [0.717, 1.165) is 12.8 Å². The van der Waals surface area contributed by atoms with Gasteiger partial charge in [-0.1, -0.05) is 19.3 Å². The summed E-state index contributed by atoms with van der Waals surface area (Å²) in [5.74, 6) is 8.90. The Balaban J connectivity index is 2.51. The standard InChI is InChI=1S/C13H24N2O/c1-3-4-10-12(15-14)13(16-2)11-8-6-5-7-9-11/h1,11-13,15H,4-10,14H2,2H3. The largest absolute Gasteiger partial charge is 0.379 e. The predicted molar refractivity (Wildman–Crippen MR) is 66.6 cm³/mol. The molecule has 0 amide bonds. The van der Waals surface area contributed by atoms with Gasteiger partial charge in [-0.05, 0) is 25.2 Å². The van der Waals surface area contributed by atoms with Crippen LogP contribution in [0.5, 0.6) is 0 Å². The molecule has 92 valence electrons. The molecule has 1 aliphatic carbocycles. The maximum atomic E-state index is 5.63. The van der Waals surface area contributed by atoms with Gasteiger partial charge in [0.1, 0.15) is 0 Å². The van der Waals surface area contributed by atoms with Crippen molar-refractivity contribution >= 4 is 0 Å². The number of methoxy groups -OCH3 is 1. The lowest BCUT2D eigenvalue weighted by Gasteiger charge is -2.34. The van der Waals surface area contributed by atoms with Crippen molar-refractivity contribution in [1.82, 2.24) is 5.43 Å². The van der Waals surface area contributed by atoms with Crippen LogP contribution in [0.2, 0.25) is 0 Å². The van der Waals surface area contributed by atoms with E-state index in [0.29, 0.717) is 5.92 Å². The van der Waals surface area contributed by atoms with Crippen LogP contribution in [0.3, 0.4) is 0 Å². The normalized spacial score (nSPS) is 21.3. The molecule has 2 atom stereocenters. The highest BCUT2D eigenvalue weighted by molar-refractivity contribution is 4.89. The van der Waals surface area contributed by atoms with Gasteiger partial charge in [-0.3, -0.25) is 11.3 Å². The van der Waals surface area contributed by atoms with Crippen LogP contribution < -0.4 is 11.3 Å². The Morgan fingerprint density at radius 2 is 2.12 bits per heavy atom. The summed E-state index contributed by atoms with van der Waals surface area (Å²) in [6.07, 6.45) is 13.6. The van der Waals surface area contributed by atoms with Crippen LogP contribution in [0, 0.1) is 18.3 Å². The van der Waals surface area contributed by atoms with Crippen molar-refractivity contribution in [3.8, 4) is 12.3 Å². The first-order valence-corrected chi connectivity index (χ1v) is 6.25. The summed E-state index contributed by atoms with van der Waals surface area (Å²) in [4.78, 5) is 0. The van der Waals surface area contributed by atoms with E-state index in [9.17, 15) is 0 Å². The van der Waals surface area contributed by atoms with E-state index in [4.69, 9.17) is 17.0 Å². The van der Waals surface area contributed by atoms with Crippen molar-refractivity contribution in [2.45, 2.75) is 57.1 Å². The van der Waals surface area contributed by atoms with Crippen molar-refractivity contribution in [3.63, 3.8) is 0 Å². The third-order valence-electron chi connectivity index (χ3n) is 3.60. The molecule has 16 heavy (non-hydrogen) atoms. The SMILES string of the molecule is C#CCCC(NN)C(OC)C1CCCCC1. The second-order valence-electron chi connectivity index (χ2n) is 4.61. The zero-order valence-corrected chi connectivity index (χ0v) is 10.2. The van der Waals surface area contributed by atoms with Gasteiger partial charge >= 0.3 is 0 Å². The summed E-state index contributed by atoms with van der Waals surface area (Å²) >= 11 is 0. The molecule has 0 aromatic heterocycles. The van der Waals surface area contributed by atoms with E-state index >= 15 is 0 Å². The minimum absolute atomic E-state index is 0.184. The van der Waals surface area contributed by atoms with E-state index in [2.05, 4.69) is 11.3 Å². The minimum Gasteiger partial charge on any atom is -0.379 e. The van der Waals surface area contributed by atoms with Crippen LogP contribution >= 0.6 is 0 Å². The quantitative estimate of drug-likeness (QED) is 0.411. The topological polar surface area (TPSA) is 47.3 Å². The van der Waals surface area contributed by atoms with Gasteiger partial charge in [-0.2, -0.15) is 0 Å². The minimum atomic E-state index is 0.184. The molecule has 3 nitrogen and oxygen atoms in total. The predicted octanol–water partition coefficient (Wildman–Crippen LogP) is 1.83. The van der Waals surface area contributed by atoms with Crippen LogP contribution in [-0.2, 0) is 4.74 Å². The Bertz CT molecular complexity index is 218. The highest BCUT2D eigenvalue weighted by Gasteiger charge is 2.29. The second-order valence-corrected chi connectivity index (χ2v) is 4.61. The van der Waals surface area contributed by atoms with Crippen molar-refractivity contribution in [2.75, 3.05) is 7.11 Å². The summed E-state index contributed by atoms with van der Waals surface area (Å²) in [6.45, 7) is 0. The molecule has 0 saturated heterocycles. The van der Waals surface area contributed by atoms with E-state index in [-0.39, 0.29) is 12.1 Å². The molecule has 0 aliphatic heterocycles. The zero-order valence-electron chi connectivity index (χ0n) is 10.2. The summed E-state index contributed by atoms with van der Waals surface area (Å²) in [5.41, 5.74) is 2.86. The van der Waals surface area contributed by atoms with Crippen LogP contribution in [-0.4, -0.2) is 19.3 Å². The van der Waals surface area contributed by atoms with E-state index in [1.165, 1.54) is 32.1 Å². The molecule has 1 rings (SSSR count). The van der Waals surface area contributed by atoms with Crippen molar-refractivity contribution < 1.29 is 4.74 Å². The molecule has 0 heterocycles. The number of nitrogens with two attached hydrogens (primary N) is 1. The van der Waals surface area contributed by atoms with Gasteiger partial charge < -0.3 is 4.74 Å². The average Bonchev–Trinajstić information content (AvgIpc) is 2.35. The van der Waals surface area contributed by atoms with Crippen molar-refractivity contribution in [3.05, 3.63) is 0 Å². The van der Waals surface area contributed by atoms with Crippen LogP contribution in [0.4, 0.5) is 0 Å². The molecule has 3 N–H and O–H groups in total. The third kappa shape index (κ3) is 3.79. The average molecular weight is 224 g/mol. The first-order valence-electron chi connectivity index (χ1n) is 6.25. The summed E-state index contributed by atoms with van der Waals surface area (Å²) in [6, 6.07) is 0.184. The number of terminal acetylenes is 1. The van der Waals surface area contributed by atoms with Crippen LogP contribution in [0.1, 0.15) is 44.9 Å². The van der Waals surface area contributed by atoms with Gasteiger partial charge in [0, 0.05) is 19.6 Å². The maximum Gasteiger partial charge on any atom is 0.0766 e. The van der Waals surface area contributed by atoms with E-state index in [1.807, 2.05) is 0 Å². The lowest BCUT2D eigenvalue weighted by molar-refractivity contribution is 0.00645. The van der Waals surface area contributed by atoms with Crippen LogP contribution in [0.15, 0.2) is 0 Å². The first kappa shape index (κ1) is 13.5. The lowest BCUT2D eigenvalue weighted by atomic mass is 9.82. The second kappa shape index (κ2) is 7.67. The molecule has 1 fully saturated rings. The Labute approximate surface area is 99.1 Å². The number of ether oxygens (including phenoxy) is 1. The molecular formula is C13H24N2O. The molecule has 1 saturated carbocycles. The van der Waals surface area contributed by atoms with Gasteiger partial charge in [-0.25, -0.2) is 0 Å². The number of nitrogens with one attached hydrogen (secondary N) is 1. The fourth-order valence-electron chi connectivity index (χ4n) is 2.73. The van der Waals surface area contributed by atoms with Gasteiger partial charge in [0.2, 0.25) is 0 Å². The monoisotopic (exact) mass is 224 g/mol. The fraction of sp³-hybridized carbons (Fsp3) is 0.846. The lowest BCUT2D eigenvalue weighted by Crippen LogP contribution is -2.48. The van der Waals surface area contributed by atoms with Gasteiger partial charge in [-0.15, -0.1) is 12.3 Å². The number of hydrazine groups is 1. The van der Waals surface area contributed by atoms with Gasteiger partial charge in [0.15, 0.2) is 0 Å². The molecule has 1 aliphatic rings. The number of hydrogen-bond acceptors (Lipinski definition) is 3. The molecule has 0 bridgehead atoms. The Kier molecular flexibility index (Phi) is 6.47. The summed E-state index contributed by atoms with van der Waals surface area (Å²) in [7, 11) is 1.78. The van der Waals surface area contributed by atoms with Crippen LogP contribution in [0.25, 0.3) is 0 Å². The molecule has 0 aromatic rings. The summed E-state index contributed by atoms with van der Waals surface area (Å²) < 4.78 is 5.63. The Morgan fingerprint density at radius 3 is 2.62 bits per heavy atom. The highest BCUT2D eigenvalue weighted by atomic mass is 16.5. The summed E-state index contributed by atoms with van der Waals surface area (Å²) in [5, 5.41) is 0. The zero-order chi connectivity index (χ0) is 11.8. The number of hydrogen-bond donors (Lipinski definition) is 2. The highest BCUT2D eigenvalue weighted by Crippen LogP contribution is 2.30. The Hall–Kier alpha value is -0.560. The molecule has 0 radical (unpaired) electrons. The molecule has 2 unspecified atom stereocenters. The smallest absolute Gasteiger partial charge is 0.0766 e.